The molecule has 1 aliphatic rings. The van der Waals surface area contributed by atoms with Gasteiger partial charge in [-0.3, -0.25) is 33.6 Å². The molecule has 1 heterocycles. The van der Waals surface area contributed by atoms with E-state index in [1.165, 1.54) is 27.8 Å². The van der Waals surface area contributed by atoms with Crippen molar-refractivity contribution in [2.45, 2.75) is 137 Å². The Morgan fingerprint density at radius 3 is 1.47 bits per heavy atom. The smallest absolute Gasteiger partial charge is 0.247 e. The molecule has 17 heteroatoms. The minimum atomic E-state index is -1.14. The first-order valence-electron chi connectivity index (χ1n) is 21.2. The maximum Gasteiger partial charge on any atom is 0.247 e. The second kappa shape index (κ2) is 26.3. The van der Waals surface area contributed by atoms with Crippen molar-refractivity contribution < 1.29 is 33.6 Å². The van der Waals surface area contributed by atoms with Crippen molar-refractivity contribution in [2.24, 2.45) is 35.3 Å². The third kappa shape index (κ3) is 16.1. The van der Waals surface area contributed by atoms with E-state index in [0.29, 0.717) is 25.7 Å². The van der Waals surface area contributed by atoms with Gasteiger partial charge in [0.1, 0.15) is 36.3 Å². The van der Waals surface area contributed by atoms with E-state index in [-0.39, 0.29) is 41.1 Å². The number of carbonyl (C=O) groups excluding carboxylic acids is 7. The average molecular weight is 875 g/mol. The molecule has 1 aliphatic heterocycles. The molecule has 0 radical (unpaired) electrons. The van der Waals surface area contributed by atoms with Gasteiger partial charge in [0.25, 0.3) is 0 Å². The quantitative estimate of drug-likeness (QED) is 0.127. The number of nitrogens with one attached hydrogen (secondary N) is 7. The summed E-state index contributed by atoms with van der Waals surface area (Å²) in [5.74, 6) is -5.71. The zero-order valence-electron chi connectivity index (χ0n) is 37.0. The number of hydrogen-bond acceptors (Lipinski definition) is 10. The third-order valence-electron chi connectivity index (χ3n) is 11.3. The molecule has 1 aromatic rings. The van der Waals surface area contributed by atoms with Gasteiger partial charge in [-0.05, 0) is 41.2 Å². The van der Waals surface area contributed by atoms with Crippen molar-refractivity contribution >= 4 is 69.0 Å². The van der Waals surface area contributed by atoms with Crippen LogP contribution < -0.4 is 43.0 Å². The zero-order valence-corrected chi connectivity index (χ0v) is 38.6. The van der Waals surface area contributed by atoms with E-state index in [0.717, 1.165) is 5.56 Å². The molecule has 7 amide bonds. The fourth-order valence-corrected chi connectivity index (χ4v) is 8.43. The van der Waals surface area contributed by atoms with Gasteiger partial charge in [0, 0.05) is 17.7 Å². The highest BCUT2D eigenvalue weighted by Gasteiger charge is 2.38. The van der Waals surface area contributed by atoms with Crippen LogP contribution in [0.1, 0.15) is 100 Å². The molecule has 9 N–H and O–H groups in total. The van der Waals surface area contributed by atoms with Crippen LogP contribution in [0.2, 0.25) is 0 Å². The van der Waals surface area contributed by atoms with E-state index >= 15 is 0 Å². The maximum absolute atomic E-state index is 14.2. The minimum Gasteiger partial charge on any atom is -0.342 e. The van der Waals surface area contributed by atoms with Crippen molar-refractivity contribution in [1.29, 1.82) is 0 Å². The summed E-state index contributed by atoms with van der Waals surface area (Å²) >= 11 is 0. The van der Waals surface area contributed by atoms with Gasteiger partial charge in [-0.25, -0.2) is 0 Å². The highest BCUT2D eigenvalue weighted by atomic mass is 33.1. The van der Waals surface area contributed by atoms with Crippen LogP contribution in [0.25, 0.3) is 6.08 Å². The molecule has 0 bridgehead atoms. The van der Waals surface area contributed by atoms with Crippen LogP contribution in [0.3, 0.4) is 0 Å². The monoisotopic (exact) mass is 874 g/mol. The molecular weight excluding hydrogens is 805 g/mol. The predicted molar refractivity (Wildman–Crippen MR) is 241 cm³/mol. The van der Waals surface area contributed by atoms with Crippen LogP contribution in [-0.4, -0.2) is 95.1 Å². The molecule has 1 aromatic carbocycles. The highest BCUT2D eigenvalue weighted by Crippen LogP contribution is 2.24. The molecular formula is C43H70N8O7S2. The van der Waals surface area contributed by atoms with Crippen LogP contribution in [-0.2, 0) is 33.6 Å². The summed E-state index contributed by atoms with van der Waals surface area (Å²) in [6.45, 7) is 18.3. The fourth-order valence-electron chi connectivity index (χ4n) is 6.11. The summed E-state index contributed by atoms with van der Waals surface area (Å²) in [7, 11) is 2.39. The minimum absolute atomic E-state index is 0.0124. The van der Waals surface area contributed by atoms with Crippen molar-refractivity contribution in [1.82, 2.24) is 37.2 Å². The lowest BCUT2D eigenvalue weighted by Crippen LogP contribution is -2.63. The van der Waals surface area contributed by atoms with E-state index in [4.69, 9.17) is 5.73 Å². The Morgan fingerprint density at radius 1 is 0.650 bits per heavy atom. The lowest BCUT2D eigenvalue weighted by atomic mass is 9.92. The Balaban J connectivity index is 2.68. The van der Waals surface area contributed by atoms with Gasteiger partial charge in [0.15, 0.2) is 0 Å². The predicted octanol–water partition coefficient (Wildman–Crippen LogP) is 3.25. The van der Waals surface area contributed by atoms with Gasteiger partial charge in [-0.15, -0.1) is 0 Å². The van der Waals surface area contributed by atoms with E-state index in [2.05, 4.69) is 37.2 Å². The summed E-state index contributed by atoms with van der Waals surface area (Å²) < 4.78 is 0. The number of benzene rings is 1. The number of nitrogens with two attached hydrogens (primary N) is 1. The number of carbonyl (C=O) groups is 7. The third-order valence-corrected chi connectivity index (χ3v) is 13.7. The molecule has 1 saturated heterocycles. The van der Waals surface area contributed by atoms with Gasteiger partial charge >= 0.3 is 0 Å². The molecule has 7 unspecified atom stereocenters. The first kappa shape index (κ1) is 52.0. The Hall–Kier alpha value is -4.09. The normalized spacial score (nSPS) is 25.6. The molecule has 0 spiro atoms. The van der Waals surface area contributed by atoms with Gasteiger partial charge in [0.2, 0.25) is 41.4 Å². The van der Waals surface area contributed by atoms with E-state index in [1.807, 2.05) is 78.8 Å². The van der Waals surface area contributed by atoms with Gasteiger partial charge in [-0.1, -0.05) is 147 Å². The van der Waals surface area contributed by atoms with E-state index in [9.17, 15) is 33.6 Å². The second-order valence-corrected chi connectivity index (χ2v) is 18.8. The van der Waals surface area contributed by atoms with Gasteiger partial charge in [-0.2, -0.15) is 0 Å². The first-order chi connectivity index (χ1) is 28.4. The summed E-state index contributed by atoms with van der Waals surface area (Å²) in [6.07, 6.45) is 5.22. The molecule has 2 rings (SSSR count). The second-order valence-electron chi connectivity index (χ2n) is 16.2. The Morgan fingerprint density at radius 2 is 1.05 bits per heavy atom. The van der Waals surface area contributed by atoms with Gasteiger partial charge in [0.05, 0.1) is 6.04 Å². The van der Waals surface area contributed by atoms with Crippen molar-refractivity contribution in [3.8, 4) is 0 Å². The van der Waals surface area contributed by atoms with Crippen LogP contribution in [0, 0.1) is 29.6 Å². The number of amides is 7. The van der Waals surface area contributed by atoms with Crippen LogP contribution in [0.15, 0.2) is 36.5 Å². The molecule has 1 fully saturated rings. The van der Waals surface area contributed by atoms with Crippen LogP contribution in [0.5, 0.6) is 0 Å². The summed E-state index contributed by atoms with van der Waals surface area (Å²) in [6, 6.07) is 1.88. The van der Waals surface area contributed by atoms with Crippen molar-refractivity contribution in [3.05, 3.63) is 42.1 Å². The Bertz CT molecular complexity index is 1620. The fraction of sp³-hybridized carbons (Fsp3) is 0.651. The summed E-state index contributed by atoms with van der Waals surface area (Å²) in [4.78, 5) is 97.6. The van der Waals surface area contributed by atoms with Gasteiger partial charge < -0.3 is 43.0 Å². The SMILES string of the molecule is CCC(C)[C@@H]1NC(=O)C(NC(=O)C(N)C(C)C)CSSCC(C(=O)N/C=C/c2ccccc2)NC(=O)[C@H](C(C)CC)NC(=O)[C@H](C(C)CC)NC(=O)[C@H](C(C)CC)NC1=O. The molecule has 11 atom stereocenters. The average Bonchev–Trinajstić information content (AvgIpc) is 3.24. The van der Waals surface area contributed by atoms with Crippen molar-refractivity contribution in [2.75, 3.05) is 11.5 Å². The Labute approximate surface area is 364 Å². The lowest BCUT2D eigenvalue weighted by molar-refractivity contribution is -0.137. The molecule has 336 valence electrons. The summed E-state index contributed by atoms with van der Waals surface area (Å²) in [5, 5.41) is 19.8. The van der Waals surface area contributed by atoms with Crippen LogP contribution >= 0.6 is 21.6 Å². The zero-order chi connectivity index (χ0) is 45.1. The molecule has 60 heavy (non-hydrogen) atoms. The van der Waals surface area contributed by atoms with Crippen LogP contribution in [0.4, 0.5) is 0 Å². The summed E-state index contributed by atoms with van der Waals surface area (Å²) in [5.41, 5.74) is 7.01. The molecule has 0 aromatic heterocycles. The number of rotatable bonds is 14. The van der Waals surface area contributed by atoms with E-state index < -0.39 is 83.6 Å². The first-order valence-corrected chi connectivity index (χ1v) is 23.7. The molecule has 0 saturated carbocycles. The molecule has 15 nitrogen and oxygen atoms in total. The Kier molecular flexibility index (Phi) is 22.8. The standard InChI is InChI=1S/C43H70N8O7S2/c1-11-25(7)33-40(55)47-30(37(52)45-21-20-29-18-16-15-17-19-29)22-59-60-23-31(46-39(54)32(44)24(5)6)38(53)48-34(26(8)12-2)41(56)50-36(28(10)14-4)43(58)51-35(27(9)13-3)42(57)49-33/h15-21,24-28,30-36H,11-14,22-23,44H2,1-10H3,(H,45,52)(H,46,54)(H,47,55)(H,48,53)(H,49,57)(H,50,56)(H,51,58)/b21-20+/t25?,26?,27?,28?,30?,31?,32?,33-,34-,35-,36-/m0/s1. The number of hydrogen-bond donors (Lipinski definition) is 8. The highest BCUT2D eigenvalue weighted by molar-refractivity contribution is 8.76. The largest absolute Gasteiger partial charge is 0.342 e. The van der Waals surface area contributed by atoms with Crippen molar-refractivity contribution in [3.63, 3.8) is 0 Å². The van der Waals surface area contributed by atoms with E-state index in [1.54, 1.807) is 26.8 Å². The lowest BCUT2D eigenvalue weighted by Gasteiger charge is -2.33. The molecule has 0 aliphatic carbocycles. The topological polar surface area (TPSA) is 230 Å². The maximum atomic E-state index is 14.2.